The van der Waals surface area contributed by atoms with Crippen molar-refractivity contribution in [3.05, 3.63) is 26.7 Å². The summed E-state index contributed by atoms with van der Waals surface area (Å²) in [5.74, 6) is 0.429. The van der Waals surface area contributed by atoms with E-state index in [1.807, 2.05) is 13.8 Å². The minimum atomic E-state index is -0.952. The van der Waals surface area contributed by atoms with E-state index >= 15 is 0 Å². The molecule has 0 aliphatic heterocycles. The van der Waals surface area contributed by atoms with Crippen LogP contribution in [-0.4, -0.2) is 36.4 Å². The van der Waals surface area contributed by atoms with Crippen LogP contribution in [0.25, 0.3) is 11.0 Å². The summed E-state index contributed by atoms with van der Waals surface area (Å²) in [5.41, 5.74) is -0.662. The molecular formula is C18H26N4O4S. The van der Waals surface area contributed by atoms with Gasteiger partial charge in [-0.2, -0.15) is 0 Å². The Morgan fingerprint density at radius 2 is 1.81 bits per heavy atom. The summed E-state index contributed by atoms with van der Waals surface area (Å²) < 4.78 is 6.55. The first-order valence-electron chi connectivity index (χ1n) is 8.82. The van der Waals surface area contributed by atoms with Crippen LogP contribution in [0.4, 0.5) is 0 Å². The second-order valence-corrected chi connectivity index (χ2v) is 8.89. The molecule has 2 aromatic heterocycles. The van der Waals surface area contributed by atoms with Gasteiger partial charge in [-0.15, -0.1) is 0 Å². The average Bonchev–Trinajstić information content (AvgIpc) is 2.57. The summed E-state index contributed by atoms with van der Waals surface area (Å²) in [6, 6.07) is 0. The maximum atomic E-state index is 12.8. The van der Waals surface area contributed by atoms with Gasteiger partial charge in [0.15, 0.2) is 5.65 Å². The van der Waals surface area contributed by atoms with Crippen LogP contribution in [0, 0.1) is 5.92 Å². The van der Waals surface area contributed by atoms with Crippen molar-refractivity contribution in [2.75, 3.05) is 6.61 Å². The minimum Gasteiger partial charge on any atom is -0.465 e. The van der Waals surface area contributed by atoms with Gasteiger partial charge in [0.25, 0.3) is 5.56 Å². The predicted octanol–water partition coefficient (Wildman–Crippen LogP) is 1.66. The molecule has 0 aliphatic carbocycles. The number of ether oxygens (including phenoxy) is 1. The first-order chi connectivity index (χ1) is 12.5. The van der Waals surface area contributed by atoms with Crippen LogP contribution in [0.5, 0.6) is 0 Å². The van der Waals surface area contributed by atoms with Gasteiger partial charge in [-0.05, 0) is 26.7 Å². The van der Waals surface area contributed by atoms with Crippen molar-refractivity contribution in [3.63, 3.8) is 0 Å². The Bertz CT molecular complexity index is 991. The van der Waals surface area contributed by atoms with E-state index < -0.39 is 22.0 Å². The van der Waals surface area contributed by atoms with Crippen LogP contribution < -0.4 is 11.2 Å². The molecule has 9 heteroatoms. The fourth-order valence-electron chi connectivity index (χ4n) is 2.59. The topological polar surface area (TPSA) is 96.1 Å². The third kappa shape index (κ3) is 4.23. The van der Waals surface area contributed by atoms with Gasteiger partial charge in [0.1, 0.15) is 21.0 Å². The van der Waals surface area contributed by atoms with Gasteiger partial charge in [0, 0.05) is 20.5 Å². The first-order valence-corrected chi connectivity index (χ1v) is 9.64. The van der Waals surface area contributed by atoms with Gasteiger partial charge in [-0.1, -0.05) is 25.6 Å². The number of rotatable bonds is 6. The zero-order valence-corrected chi connectivity index (χ0v) is 17.6. The van der Waals surface area contributed by atoms with Gasteiger partial charge < -0.3 is 4.74 Å². The smallest absolute Gasteiger partial charge is 0.332 e. The summed E-state index contributed by atoms with van der Waals surface area (Å²) in [6.07, 6.45) is 0.590. The lowest BCUT2D eigenvalue weighted by molar-refractivity contribution is -0.145. The zero-order chi connectivity index (χ0) is 20.5. The van der Waals surface area contributed by atoms with Gasteiger partial charge in [0.2, 0.25) is 0 Å². The molecule has 2 aromatic rings. The van der Waals surface area contributed by atoms with E-state index in [0.717, 1.165) is 16.3 Å². The molecule has 0 N–H and O–H groups in total. The highest BCUT2D eigenvalue weighted by Gasteiger charge is 2.33. The molecule has 27 heavy (non-hydrogen) atoms. The molecular weight excluding hydrogens is 368 g/mol. The van der Waals surface area contributed by atoms with Crippen molar-refractivity contribution < 1.29 is 9.53 Å². The quantitative estimate of drug-likeness (QED) is 0.418. The molecule has 0 amide bonds. The maximum absolute atomic E-state index is 12.8. The van der Waals surface area contributed by atoms with Crippen molar-refractivity contribution >= 4 is 28.8 Å². The Balaban J connectivity index is 2.78. The molecule has 0 bridgehead atoms. The Labute approximate surface area is 162 Å². The lowest BCUT2D eigenvalue weighted by Crippen LogP contribution is -2.38. The standard InChI is InChI=1S/C18H26N4O4S/c1-8-26-16(24)18(4,5)27-14-12-13(19-11(20-14)9-10(2)3)21(6)17(25)22(7)15(12)23/h10H,8-9H2,1-7H3. The predicted molar refractivity (Wildman–Crippen MR) is 105 cm³/mol. The third-order valence-corrected chi connectivity index (χ3v) is 5.19. The fraction of sp³-hybridized carbons (Fsp3) is 0.611. The van der Waals surface area contributed by atoms with Crippen molar-refractivity contribution in [1.29, 1.82) is 0 Å². The highest BCUT2D eigenvalue weighted by Crippen LogP contribution is 2.35. The molecule has 0 fully saturated rings. The van der Waals surface area contributed by atoms with Crippen molar-refractivity contribution in [2.45, 2.75) is 50.8 Å². The number of aromatic nitrogens is 4. The molecule has 2 heterocycles. The second kappa shape index (κ2) is 7.84. The third-order valence-electron chi connectivity index (χ3n) is 4.02. The largest absolute Gasteiger partial charge is 0.465 e. The molecule has 0 saturated heterocycles. The Morgan fingerprint density at radius 1 is 1.19 bits per heavy atom. The number of carbonyl (C=O) groups is 1. The highest BCUT2D eigenvalue weighted by atomic mass is 32.2. The normalized spacial score (nSPS) is 12.0. The Hall–Kier alpha value is -2.16. The van der Waals surface area contributed by atoms with E-state index in [2.05, 4.69) is 9.97 Å². The minimum absolute atomic E-state index is 0.231. The number of nitrogens with zero attached hydrogens (tertiary/aromatic N) is 4. The van der Waals surface area contributed by atoms with Crippen molar-refractivity contribution in [3.8, 4) is 0 Å². The average molecular weight is 394 g/mol. The lowest BCUT2D eigenvalue weighted by atomic mass is 10.1. The van der Waals surface area contributed by atoms with Crippen LogP contribution in [0.15, 0.2) is 14.6 Å². The monoisotopic (exact) mass is 394 g/mol. The maximum Gasteiger partial charge on any atom is 0.332 e. The molecule has 0 spiro atoms. The molecule has 0 atom stereocenters. The summed E-state index contributed by atoms with van der Waals surface area (Å²) in [7, 11) is 2.98. The highest BCUT2D eigenvalue weighted by molar-refractivity contribution is 8.01. The number of esters is 1. The van der Waals surface area contributed by atoms with Crippen LogP contribution in [-0.2, 0) is 30.0 Å². The number of fused-ring (bicyclic) bond motifs is 1. The summed E-state index contributed by atoms with van der Waals surface area (Å²) >= 11 is 1.15. The molecule has 0 radical (unpaired) electrons. The fourth-order valence-corrected chi connectivity index (χ4v) is 3.65. The van der Waals surface area contributed by atoms with E-state index in [9.17, 15) is 14.4 Å². The summed E-state index contributed by atoms with van der Waals surface area (Å²) in [4.78, 5) is 46.4. The SMILES string of the molecule is CCOC(=O)C(C)(C)Sc1nc(CC(C)C)nc2c1c(=O)n(C)c(=O)n2C. The Kier molecular flexibility index (Phi) is 6.14. The summed E-state index contributed by atoms with van der Waals surface area (Å²) in [5, 5.41) is 0.611. The van der Waals surface area contributed by atoms with E-state index in [1.165, 1.54) is 11.6 Å². The zero-order valence-electron chi connectivity index (χ0n) is 16.8. The molecule has 8 nitrogen and oxygen atoms in total. The number of carbonyl (C=O) groups excluding carboxylic acids is 1. The van der Waals surface area contributed by atoms with E-state index in [4.69, 9.17) is 4.74 Å². The molecule has 0 saturated carbocycles. The van der Waals surface area contributed by atoms with E-state index in [0.29, 0.717) is 23.2 Å². The molecule has 0 unspecified atom stereocenters. The van der Waals surface area contributed by atoms with Gasteiger partial charge in [0.05, 0.1) is 6.61 Å². The molecule has 148 valence electrons. The molecule has 2 rings (SSSR count). The van der Waals surface area contributed by atoms with E-state index in [1.54, 1.807) is 27.8 Å². The number of thioether (sulfide) groups is 1. The van der Waals surface area contributed by atoms with Crippen molar-refractivity contribution in [1.82, 2.24) is 19.1 Å². The number of hydrogen-bond acceptors (Lipinski definition) is 7. The van der Waals surface area contributed by atoms with E-state index in [-0.39, 0.29) is 17.6 Å². The number of hydrogen-bond donors (Lipinski definition) is 0. The van der Waals surface area contributed by atoms with Crippen LogP contribution in [0.1, 0.15) is 40.4 Å². The molecule has 0 aromatic carbocycles. The second-order valence-electron chi connectivity index (χ2n) is 7.28. The first kappa shape index (κ1) is 21.1. The molecule has 0 aliphatic rings. The lowest BCUT2D eigenvalue weighted by Gasteiger charge is -2.22. The van der Waals surface area contributed by atoms with Gasteiger partial charge >= 0.3 is 11.7 Å². The van der Waals surface area contributed by atoms with Crippen LogP contribution in [0.3, 0.4) is 0 Å². The Morgan fingerprint density at radius 3 is 2.37 bits per heavy atom. The van der Waals surface area contributed by atoms with Crippen LogP contribution in [0.2, 0.25) is 0 Å². The van der Waals surface area contributed by atoms with Gasteiger partial charge in [-0.25, -0.2) is 14.8 Å². The van der Waals surface area contributed by atoms with Crippen molar-refractivity contribution in [2.24, 2.45) is 20.0 Å². The van der Waals surface area contributed by atoms with Crippen LogP contribution >= 0.6 is 11.8 Å². The summed E-state index contributed by atoms with van der Waals surface area (Å²) in [6.45, 7) is 9.52. The van der Waals surface area contributed by atoms with Gasteiger partial charge in [-0.3, -0.25) is 18.7 Å². The number of aryl methyl sites for hydroxylation is 1.